The third-order valence-corrected chi connectivity index (χ3v) is 2.58. The number of methoxy groups -OCH3 is 1. The van der Waals surface area contributed by atoms with Gasteiger partial charge in [-0.15, -0.1) is 0 Å². The minimum Gasteiger partial charge on any atom is -0.375 e. The van der Waals surface area contributed by atoms with Crippen molar-refractivity contribution in [2.75, 3.05) is 19.0 Å². The fourth-order valence-electron chi connectivity index (χ4n) is 1.66. The van der Waals surface area contributed by atoms with E-state index in [0.717, 1.165) is 12.1 Å². The van der Waals surface area contributed by atoms with Crippen molar-refractivity contribution in [2.45, 2.75) is 32.6 Å². The summed E-state index contributed by atoms with van der Waals surface area (Å²) in [4.78, 5) is 11.3. The van der Waals surface area contributed by atoms with E-state index in [0.29, 0.717) is 0 Å². The summed E-state index contributed by atoms with van der Waals surface area (Å²) in [6, 6.07) is 8.01. The van der Waals surface area contributed by atoms with Crippen LogP contribution in [0.25, 0.3) is 0 Å². The molecular weight excluding hydrogens is 214 g/mol. The summed E-state index contributed by atoms with van der Waals surface area (Å²) in [7, 11) is 1.51. The van der Waals surface area contributed by atoms with Crippen molar-refractivity contribution < 1.29 is 9.53 Å². The zero-order chi connectivity index (χ0) is 12.5. The third kappa shape index (κ3) is 5.50. The van der Waals surface area contributed by atoms with E-state index >= 15 is 0 Å². The average Bonchev–Trinajstić information content (AvgIpc) is 2.32. The van der Waals surface area contributed by atoms with Crippen LogP contribution in [-0.4, -0.2) is 19.6 Å². The minimum atomic E-state index is -0.119. The van der Waals surface area contributed by atoms with Crippen molar-refractivity contribution in [3.63, 3.8) is 0 Å². The molecule has 0 unspecified atom stereocenters. The van der Waals surface area contributed by atoms with Gasteiger partial charge in [0.15, 0.2) is 0 Å². The van der Waals surface area contributed by atoms with Gasteiger partial charge >= 0.3 is 0 Å². The SMILES string of the molecule is CCCCCc1ccc(NC(=O)COC)cc1. The summed E-state index contributed by atoms with van der Waals surface area (Å²) in [6.07, 6.45) is 4.85. The number of nitrogens with one attached hydrogen (secondary N) is 1. The summed E-state index contributed by atoms with van der Waals surface area (Å²) in [5, 5.41) is 2.77. The van der Waals surface area contributed by atoms with Crippen LogP contribution < -0.4 is 5.32 Å². The fraction of sp³-hybridized carbons (Fsp3) is 0.500. The van der Waals surface area contributed by atoms with Crippen LogP contribution in [0.1, 0.15) is 31.7 Å². The second-order valence-electron chi connectivity index (χ2n) is 4.14. The zero-order valence-corrected chi connectivity index (χ0v) is 10.7. The maximum absolute atomic E-state index is 11.3. The number of ether oxygens (including phenoxy) is 1. The van der Waals surface area contributed by atoms with E-state index in [1.165, 1.54) is 31.9 Å². The molecular formula is C14H21NO2. The summed E-state index contributed by atoms with van der Waals surface area (Å²) in [5.41, 5.74) is 2.15. The Hall–Kier alpha value is -1.35. The number of aryl methyl sites for hydroxylation is 1. The standard InChI is InChI=1S/C14H21NO2/c1-3-4-5-6-12-7-9-13(10-8-12)15-14(16)11-17-2/h7-10H,3-6,11H2,1-2H3,(H,15,16). The predicted octanol–water partition coefficient (Wildman–Crippen LogP) is 3.00. The van der Waals surface area contributed by atoms with E-state index in [-0.39, 0.29) is 12.5 Å². The van der Waals surface area contributed by atoms with Gasteiger partial charge in [0.1, 0.15) is 6.61 Å². The Bertz CT molecular complexity index is 333. The van der Waals surface area contributed by atoms with Crippen LogP contribution in [0.15, 0.2) is 24.3 Å². The molecule has 1 aromatic rings. The first-order chi connectivity index (χ1) is 8.26. The number of rotatable bonds is 7. The molecule has 0 atom stereocenters. The number of hydrogen-bond donors (Lipinski definition) is 1. The lowest BCUT2D eigenvalue weighted by Gasteiger charge is -2.06. The second kappa shape index (κ2) is 7.85. The number of anilines is 1. The van der Waals surface area contributed by atoms with Crippen molar-refractivity contribution in [1.82, 2.24) is 0 Å². The first-order valence-corrected chi connectivity index (χ1v) is 6.14. The van der Waals surface area contributed by atoms with Crippen molar-refractivity contribution in [3.8, 4) is 0 Å². The van der Waals surface area contributed by atoms with Crippen molar-refractivity contribution in [2.24, 2.45) is 0 Å². The van der Waals surface area contributed by atoms with Crippen molar-refractivity contribution in [1.29, 1.82) is 0 Å². The van der Waals surface area contributed by atoms with Crippen LogP contribution in [0.3, 0.4) is 0 Å². The topological polar surface area (TPSA) is 38.3 Å². The van der Waals surface area contributed by atoms with E-state index in [9.17, 15) is 4.79 Å². The van der Waals surface area contributed by atoms with E-state index < -0.39 is 0 Å². The van der Waals surface area contributed by atoms with Gasteiger partial charge in [0.2, 0.25) is 5.91 Å². The van der Waals surface area contributed by atoms with Crippen LogP contribution in [0, 0.1) is 0 Å². The molecule has 0 spiro atoms. The summed E-state index contributed by atoms with van der Waals surface area (Å²) in [6.45, 7) is 2.30. The molecule has 0 saturated heterocycles. The van der Waals surface area contributed by atoms with Crippen LogP contribution >= 0.6 is 0 Å². The number of carbonyl (C=O) groups is 1. The van der Waals surface area contributed by atoms with E-state index in [1.807, 2.05) is 12.1 Å². The number of carbonyl (C=O) groups excluding carboxylic acids is 1. The highest BCUT2D eigenvalue weighted by atomic mass is 16.5. The Morgan fingerprint density at radius 3 is 2.53 bits per heavy atom. The molecule has 0 fully saturated rings. The normalized spacial score (nSPS) is 10.2. The molecule has 17 heavy (non-hydrogen) atoms. The lowest BCUT2D eigenvalue weighted by Crippen LogP contribution is -2.16. The Morgan fingerprint density at radius 1 is 1.24 bits per heavy atom. The van der Waals surface area contributed by atoms with Gasteiger partial charge < -0.3 is 10.1 Å². The lowest BCUT2D eigenvalue weighted by atomic mass is 10.1. The monoisotopic (exact) mass is 235 g/mol. The lowest BCUT2D eigenvalue weighted by molar-refractivity contribution is -0.119. The van der Waals surface area contributed by atoms with E-state index in [2.05, 4.69) is 24.4 Å². The van der Waals surface area contributed by atoms with Gasteiger partial charge in [0, 0.05) is 12.8 Å². The van der Waals surface area contributed by atoms with E-state index in [4.69, 9.17) is 4.74 Å². The molecule has 1 N–H and O–H groups in total. The Labute approximate surface area is 103 Å². The summed E-state index contributed by atoms with van der Waals surface area (Å²) < 4.78 is 4.75. The van der Waals surface area contributed by atoms with Crippen LogP contribution in [-0.2, 0) is 16.0 Å². The van der Waals surface area contributed by atoms with Crippen molar-refractivity contribution in [3.05, 3.63) is 29.8 Å². The largest absolute Gasteiger partial charge is 0.375 e. The fourth-order valence-corrected chi connectivity index (χ4v) is 1.66. The molecule has 0 aromatic heterocycles. The second-order valence-corrected chi connectivity index (χ2v) is 4.14. The molecule has 3 nitrogen and oxygen atoms in total. The van der Waals surface area contributed by atoms with Crippen LogP contribution in [0.4, 0.5) is 5.69 Å². The molecule has 94 valence electrons. The Balaban J connectivity index is 2.41. The van der Waals surface area contributed by atoms with Gasteiger partial charge in [0.25, 0.3) is 0 Å². The average molecular weight is 235 g/mol. The molecule has 3 heteroatoms. The molecule has 0 aliphatic carbocycles. The third-order valence-electron chi connectivity index (χ3n) is 2.58. The predicted molar refractivity (Wildman–Crippen MR) is 70.2 cm³/mol. The number of amides is 1. The molecule has 1 aromatic carbocycles. The van der Waals surface area contributed by atoms with Crippen LogP contribution in [0.5, 0.6) is 0 Å². The highest BCUT2D eigenvalue weighted by Crippen LogP contribution is 2.12. The first kappa shape index (κ1) is 13.7. The summed E-state index contributed by atoms with van der Waals surface area (Å²) in [5.74, 6) is -0.119. The molecule has 1 amide bonds. The maximum atomic E-state index is 11.3. The zero-order valence-electron chi connectivity index (χ0n) is 10.7. The summed E-state index contributed by atoms with van der Waals surface area (Å²) >= 11 is 0. The van der Waals surface area contributed by atoms with Gasteiger partial charge in [-0.1, -0.05) is 31.9 Å². The first-order valence-electron chi connectivity index (χ1n) is 6.14. The Morgan fingerprint density at radius 2 is 1.94 bits per heavy atom. The van der Waals surface area contributed by atoms with Crippen molar-refractivity contribution >= 4 is 11.6 Å². The quantitative estimate of drug-likeness (QED) is 0.738. The van der Waals surface area contributed by atoms with Gasteiger partial charge in [-0.05, 0) is 30.5 Å². The van der Waals surface area contributed by atoms with Gasteiger partial charge in [-0.3, -0.25) is 4.79 Å². The number of hydrogen-bond acceptors (Lipinski definition) is 2. The molecule has 0 saturated carbocycles. The molecule has 0 heterocycles. The minimum absolute atomic E-state index is 0.0955. The van der Waals surface area contributed by atoms with Gasteiger partial charge in [-0.2, -0.15) is 0 Å². The molecule has 1 rings (SSSR count). The number of benzene rings is 1. The smallest absolute Gasteiger partial charge is 0.250 e. The highest BCUT2D eigenvalue weighted by Gasteiger charge is 2.00. The number of unbranched alkanes of at least 4 members (excludes halogenated alkanes) is 2. The van der Waals surface area contributed by atoms with Crippen LogP contribution in [0.2, 0.25) is 0 Å². The Kier molecular flexibility index (Phi) is 6.33. The maximum Gasteiger partial charge on any atom is 0.250 e. The molecule has 0 aliphatic heterocycles. The molecule has 0 radical (unpaired) electrons. The molecule has 0 bridgehead atoms. The van der Waals surface area contributed by atoms with E-state index in [1.54, 1.807) is 0 Å². The molecule has 0 aliphatic rings. The van der Waals surface area contributed by atoms with Gasteiger partial charge in [0.05, 0.1) is 0 Å². The van der Waals surface area contributed by atoms with Gasteiger partial charge in [-0.25, -0.2) is 0 Å². The highest BCUT2D eigenvalue weighted by molar-refractivity contribution is 5.91.